The van der Waals surface area contributed by atoms with Gasteiger partial charge in [0.2, 0.25) is 0 Å². The van der Waals surface area contributed by atoms with Crippen molar-refractivity contribution < 1.29 is 24.0 Å². The number of hydrogen-bond donors (Lipinski definition) is 0. The number of nitro groups is 1. The summed E-state index contributed by atoms with van der Waals surface area (Å²) in [5, 5.41) is 11.0. The molecular weight excluding hydrogens is 396 g/mol. The lowest BCUT2D eigenvalue weighted by Crippen LogP contribution is -2.30. The van der Waals surface area contributed by atoms with Gasteiger partial charge in [0.25, 0.3) is 17.5 Å². The van der Waals surface area contributed by atoms with Gasteiger partial charge in [-0.15, -0.1) is 0 Å². The Morgan fingerprint density at radius 1 is 1.12 bits per heavy atom. The van der Waals surface area contributed by atoms with Crippen molar-refractivity contribution in [2.75, 3.05) is 4.90 Å². The summed E-state index contributed by atoms with van der Waals surface area (Å²) in [4.78, 5) is 47.7. The zero-order chi connectivity index (χ0) is 18.3. The van der Waals surface area contributed by atoms with Gasteiger partial charge < -0.3 is 4.74 Å². The van der Waals surface area contributed by atoms with Crippen LogP contribution in [0.25, 0.3) is 0 Å². The molecule has 0 saturated heterocycles. The minimum absolute atomic E-state index is 0.119. The number of halogens is 1. The molecule has 0 atom stereocenters. The Bertz CT molecular complexity index is 956. The zero-order valence-electron chi connectivity index (χ0n) is 12.7. The molecule has 25 heavy (non-hydrogen) atoms. The number of nitro benzene ring substituents is 1. The van der Waals surface area contributed by atoms with E-state index in [1.807, 2.05) is 0 Å². The number of non-ortho nitro benzene ring substituents is 1. The van der Waals surface area contributed by atoms with E-state index in [9.17, 15) is 24.5 Å². The van der Waals surface area contributed by atoms with Crippen LogP contribution in [0.4, 0.5) is 11.4 Å². The molecule has 3 rings (SSSR count). The molecule has 0 aromatic heterocycles. The molecule has 2 amide bonds. The van der Waals surface area contributed by atoms with E-state index in [2.05, 4.69) is 15.9 Å². The number of carbonyl (C=O) groups excluding carboxylic acids is 3. The summed E-state index contributed by atoms with van der Waals surface area (Å²) >= 11 is 3.23. The van der Waals surface area contributed by atoms with Crippen molar-refractivity contribution in [3.8, 4) is 5.75 Å². The number of fused-ring (bicyclic) bond motifs is 1. The quantitative estimate of drug-likeness (QED) is 0.255. The van der Waals surface area contributed by atoms with Gasteiger partial charge in [-0.3, -0.25) is 24.5 Å². The van der Waals surface area contributed by atoms with Crippen LogP contribution in [0.5, 0.6) is 5.75 Å². The minimum Gasteiger partial charge on any atom is -0.424 e. The summed E-state index contributed by atoms with van der Waals surface area (Å²) in [6.07, 6.45) is 0. The molecule has 1 aliphatic rings. The Morgan fingerprint density at radius 2 is 1.80 bits per heavy atom. The van der Waals surface area contributed by atoms with Crippen LogP contribution in [0.15, 0.2) is 40.9 Å². The molecule has 2 aromatic rings. The topological polar surface area (TPSA) is 107 Å². The summed E-state index contributed by atoms with van der Waals surface area (Å²) in [6.45, 7) is 1.14. The van der Waals surface area contributed by atoms with E-state index in [0.29, 0.717) is 4.47 Å². The number of carbonyl (C=O) groups is 3. The van der Waals surface area contributed by atoms with Gasteiger partial charge in [-0.1, -0.05) is 15.9 Å². The highest BCUT2D eigenvalue weighted by Gasteiger charge is 2.39. The molecule has 9 heteroatoms. The molecule has 126 valence electrons. The highest BCUT2D eigenvalue weighted by atomic mass is 79.9. The number of imide groups is 1. The van der Waals surface area contributed by atoms with E-state index in [1.54, 1.807) is 6.07 Å². The van der Waals surface area contributed by atoms with Crippen molar-refractivity contribution in [2.24, 2.45) is 0 Å². The first-order chi connectivity index (χ1) is 11.8. The molecule has 0 bridgehead atoms. The average molecular weight is 405 g/mol. The molecule has 0 spiro atoms. The third-order valence-corrected chi connectivity index (χ3v) is 3.99. The lowest BCUT2D eigenvalue weighted by Gasteiger charge is -2.17. The van der Waals surface area contributed by atoms with Crippen molar-refractivity contribution in [1.29, 1.82) is 0 Å². The van der Waals surface area contributed by atoms with Crippen LogP contribution in [-0.4, -0.2) is 22.7 Å². The Labute approximate surface area is 149 Å². The second kappa shape index (κ2) is 6.10. The van der Waals surface area contributed by atoms with Gasteiger partial charge in [0.1, 0.15) is 5.69 Å². The van der Waals surface area contributed by atoms with Gasteiger partial charge in [-0.25, -0.2) is 4.90 Å². The maximum absolute atomic E-state index is 12.7. The highest BCUT2D eigenvalue weighted by Crippen LogP contribution is 2.38. The minimum atomic E-state index is -0.686. The Kier molecular flexibility index (Phi) is 4.09. The average Bonchev–Trinajstić information content (AvgIpc) is 2.78. The highest BCUT2D eigenvalue weighted by molar-refractivity contribution is 9.10. The largest absolute Gasteiger partial charge is 0.424 e. The van der Waals surface area contributed by atoms with Crippen LogP contribution >= 0.6 is 15.9 Å². The summed E-state index contributed by atoms with van der Waals surface area (Å²) < 4.78 is 5.60. The van der Waals surface area contributed by atoms with Crippen molar-refractivity contribution in [3.05, 3.63) is 62.1 Å². The van der Waals surface area contributed by atoms with Crippen LogP contribution in [-0.2, 0) is 4.79 Å². The van der Waals surface area contributed by atoms with E-state index < -0.39 is 22.7 Å². The van der Waals surface area contributed by atoms with E-state index in [4.69, 9.17) is 4.74 Å². The summed E-state index contributed by atoms with van der Waals surface area (Å²) in [5.41, 5.74) is -0.191. The SMILES string of the molecule is CC(=O)Oc1ccc([N+](=O)[O-])cc1N1C(=O)c2ccc(Br)cc2C1=O. The van der Waals surface area contributed by atoms with Crippen molar-refractivity contribution in [2.45, 2.75) is 6.92 Å². The maximum atomic E-state index is 12.7. The van der Waals surface area contributed by atoms with E-state index in [-0.39, 0.29) is 28.3 Å². The molecular formula is C16H9BrN2O6. The molecule has 0 aliphatic carbocycles. The second-order valence-electron chi connectivity index (χ2n) is 5.14. The van der Waals surface area contributed by atoms with Crippen LogP contribution in [0.1, 0.15) is 27.6 Å². The fourth-order valence-corrected chi connectivity index (χ4v) is 2.83. The van der Waals surface area contributed by atoms with E-state index >= 15 is 0 Å². The predicted octanol–water partition coefficient (Wildman–Crippen LogP) is 3.08. The molecule has 1 aliphatic heterocycles. The lowest BCUT2D eigenvalue weighted by atomic mass is 10.1. The number of hydrogen-bond acceptors (Lipinski definition) is 6. The number of rotatable bonds is 3. The lowest BCUT2D eigenvalue weighted by molar-refractivity contribution is -0.384. The van der Waals surface area contributed by atoms with E-state index in [0.717, 1.165) is 24.0 Å². The Morgan fingerprint density at radius 3 is 2.44 bits per heavy atom. The van der Waals surface area contributed by atoms with Gasteiger partial charge in [-0.2, -0.15) is 0 Å². The number of benzene rings is 2. The van der Waals surface area contributed by atoms with Crippen LogP contribution in [0.2, 0.25) is 0 Å². The molecule has 0 radical (unpaired) electrons. The summed E-state index contributed by atoms with van der Waals surface area (Å²) in [6, 6.07) is 7.88. The standard InChI is InChI=1S/C16H9BrN2O6/c1-8(20)25-14-5-3-10(19(23)24)7-13(14)18-15(21)11-4-2-9(17)6-12(11)16(18)22/h2-7H,1H3. The maximum Gasteiger partial charge on any atom is 0.308 e. The van der Waals surface area contributed by atoms with Gasteiger partial charge in [-0.05, 0) is 24.3 Å². The third-order valence-electron chi connectivity index (χ3n) is 3.50. The van der Waals surface area contributed by atoms with E-state index in [1.165, 1.54) is 18.2 Å². The normalized spacial score (nSPS) is 13.0. The van der Waals surface area contributed by atoms with Gasteiger partial charge >= 0.3 is 5.97 Å². The molecule has 0 fully saturated rings. The molecule has 0 unspecified atom stereocenters. The van der Waals surface area contributed by atoms with Crippen molar-refractivity contribution >= 4 is 45.1 Å². The zero-order valence-corrected chi connectivity index (χ0v) is 14.3. The fourth-order valence-electron chi connectivity index (χ4n) is 2.47. The van der Waals surface area contributed by atoms with Crippen LogP contribution in [0, 0.1) is 10.1 Å². The fraction of sp³-hybridized carbons (Fsp3) is 0.0625. The summed E-state index contributed by atoms with van der Waals surface area (Å²) in [7, 11) is 0. The Balaban J connectivity index is 2.17. The van der Waals surface area contributed by atoms with Gasteiger partial charge in [0.05, 0.1) is 16.1 Å². The smallest absolute Gasteiger partial charge is 0.308 e. The number of ether oxygens (including phenoxy) is 1. The predicted molar refractivity (Wildman–Crippen MR) is 89.7 cm³/mol. The first kappa shape index (κ1) is 16.8. The first-order valence-electron chi connectivity index (χ1n) is 6.95. The van der Waals surface area contributed by atoms with Crippen LogP contribution < -0.4 is 9.64 Å². The Hall–Kier alpha value is -3.07. The molecule has 0 N–H and O–H groups in total. The number of nitrogens with zero attached hydrogens (tertiary/aromatic N) is 2. The summed E-state index contributed by atoms with van der Waals surface area (Å²) in [5.74, 6) is -2.11. The van der Waals surface area contributed by atoms with Gasteiger partial charge in [0.15, 0.2) is 5.75 Å². The number of anilines is 1. The van der Waals surface area contributed by atoms with Crippen molar-refractivity contribution in [3.63, 3.8) is 0 Å². The number of amides is 2. The second-order valence-corrected chi connectivity index (χ2v) is 6.05. The molecule has 2 aromatic carbocycles. The third kappa shape index (κ3) is 2.89. The molecule has 8 nitrogen and oxygen atoms in total. The molecule has 1 heterocycles. The van der Waals surface area contributed by atoms with Crippen LogP contribution in [0.3, 0.4) is 0 Å². The number of esters is 1. The van der Waals surface area contributed by atoms with Gasteiger partial charge in [0, 0.05) is 23.5 Å². The monoisotopic (exact) mass is 404 g/mol. The molecule has 0 saturated carbocycles. The van der Waals surface area contributed by atoms with Crippen molar-refractivity contribution in [1.82, 2.24) is 0 Å². The first-order valence-corrected chi connectivity index (χ1v) is 7.74.